The van der Waals surface area contributed by atoms with Crippen LogP contribution in [0.15, 0.2) is 42.5 Å². The summed E-state index contributed by atoms with van der Waals surface area (Å²) >= 11 is 0. The SMILES string of the molecule is Cc1ccc(C2CC3(CCCCC3)c3c2[nH]c2ccc(C)cc32)cc1. The van der Waals surface area contributed by atoms with Crippen molar-refractivity contribution >= 4 is 10.9 Å². The lowest BCUT2D eigenvalue weighted by Crippen LogP contribution is -2.26. The molecule has 1 fully saturated rings. The molecule has 1 heteroatoms. The average molecular weight is 329 g/mol. The minimum absolute atomic E-state index is 0.398. The molecule has 1 saturated carbocycles. The van der Waals surface area contributed by atoms with Crippen LogP contribution >= 0.6 is 0 Å². The number of rotatable bonds is 1. The second-order valence-electron chi connectivity index (χ2n) is 8.47. The van der Waals surface area contributed by atoms with Crippen LogP contribution in [-0.2, 0) is 5.41 Å². The highest BCUT2D eigenvalue weighted by Gasteiger charge is 2.46. The standard InChI is InChI=1S/C24H27N/c1-16-6-9-18(10-7-16)20-15-24(12-4-3-5-13-24)22-19-14-17(2)8-11-21(19)25-23(20)22/h6-11,14,20,25H,3-5,12-13,15H2,1-2H3. The van der Waals surface area contributed by atoms with Crippen molar-refractivity contribution < 1.29 is 0 Å². The zero-order chi connectivity index (χ0) is 17.0. The summed E-state index contributed by atoms with van der Waals surface area (Å²) in [5, 5.41) is 1.49. The van der Waals surface area contributed by atoms with E-state index in [2.05, 4.69) is 61.3 Å². The van der Waals surface area contributed by atoms with Gasteiger partial charge in [0.1, 0.15) is 0 Å². The van der Waals surface area contributed by atoms with Crippen molar-refractivity contribution in [2.45, 2.75) is 63.7 Å². The van der Waals surface area contributed by atoms with E-state index in [0.717, 1.165) is 0 Å². The maximum Gasteiger partial charge on any atom is 0.0459 e. The Morgan fingerprint density at radius 3 is 2.36 bits per heavy atom. The molecule has 0 radical (unpaired) electrons. The highest BCUT2D eigenvalue weighted by Crippen LogP contribution is 2.57. The number of hydrogen-bond acceptors (Lipinski definition) is 0. The van der Waals surface area contributed by atoms with Gasteiger partial charge in [-0.3, -0.25) is 0 Å². The van der Waals surface area contributed by atoms with Crippen molar-refractivity contribution in [2.24, 2.45) is 0 Å². The highest BCUT2D eigenvalue weighted by atomic mass is 14.8. The lowest BCUT2D eigenvalue weighted by molar-refractivity contribution is 0.287. The van der Waals surface area contributed by atoms with Gasteiger partial charge in [-0.15, -0.1) is 0 Å². The highest BCUT2D eigenvalue weighted by molar-refractivity contribution is 5.88. The molecule has 128 valence electrons. The molecule has 0 amide bonds. The van der Waals surface area contributed by atoms with Crippen molar-refractivity contribution in [2.75, 3.05) is 0 Å². The summed E-state index contributed by atoms with van der Waals surface area (Å²) in [6.45, 7) is 4.40. The maximum atomic E-state index is 3.84. The first-order chi connectivity index (χ1) is 12.2. The largest absolute Gasteiger partial charge is 0.358 e. The molecule has 5 rings (SSSR count). The Balaban J connectivity index is 1.73. The van der Waals surface area contributed by atoms with Crippen molar-refractivity contribution in [1.29, 1.82) is 0 Å². The third-order valence-corrected chi connectivity index (χ3v) is 6.75. The Labute approximate surface area is 150 Å². The summed E-state index contributed by atoms with van der Waals surface area (Å²) in [7, 11) is 0. The molecule has 0 saturated heterocycles. The van der Waals surface area contributed by atoms with Gasteiger partial charge in [-0.1, -0.05) is 60.7 Å². The van der Waals surface area contributed by atoms with Gasteiger partial charge in [0.15, 0.2) is 0 Å². The second-order valence-corrected chi connectivity index (χ2v) is 8.47. The van der Waals surface area contributed by atoms with Crippen LogP contribution in [0, 0.1) is 13.8 Å². The zero-order valence-electron chi connectivity index (χ0n) is 15.4. The molecule has 1 spiro atoms. The topological polar surface area (TPSA) is 15.8 Å². The number of aryl methyl sites for hydroxylation is 2. The van der Waals surface area contributed by atoms with Crippen molar-refractivity contribution in [3.05, 3.63) is 70.4 Å². The number of aromatic amines is 1. The maximum absolute atomic E-state index is 3.84. The molecule has 2 aromatic carbocycles. The van der Waals surface area contributed by atoms with Gasteiger partial charge in [0.2, 0.25) is 0 Å². The normalized spacial score (nSPS) is 21.8. The van der Waals surface area contributed by atoms with Crippen LogP contribution in [0.2, 0.25) is 0 Å². The molecular formula is C24H27N. The summed E-state index contributed by atoms with van der Waals surface area (Å²) in [4.78, 5) is 3.84. The molecule has 1 unspecified atom stereocenters. The summed E-state index contributed by atoms with van der Waals surface area (Å²) in [6.07, 6.45) is 8.21. The molecule has 2 aliphatic carbocycles. The van der Waals surface area contributed by atoms with E-state index in [9.17, 15) is 0 Å². The van der Waals surface area contributed by atoms with Crippen LogP contribution in [0.5, 0.6) is 0 Å². The number of fused-ring (bicyclic) bond motifs is 4. The van der Waals surface area contributed by atoms with E-state index in [1.165, 1.54) is 71.8 Å². The van der Waals surface area contributed by atoms with E-state index < -0.39 is 0 Å². The van der Waals surface area contributed by atoms with Crippen LogP contribution < -0.4 is 0 Å². The Morgan fingerprint density at radius 1 is 0.880 bits per heavy atom. The summed E-state index contributed by atoms with van der Waals surface area (Å²) in [6, 6.07) is 16.2. The molecule has 3 aromatic rings. The van der Waals surface area contributed by atoms with E-state index in [-0.39, 0.29) is 0 Å². The molecule has 25 heavy (non-hydrogen) atoms. The van der Waals surface area contributed by atoms with Gasteiger partial charge in [0.05, 0.1) is 0 Å². The lowest BCUT2D eigenvalue weighted by Gasteiger charge is -2.35. The third kappa shape index (κ3) is 2.28. The fourth-order valence-corrected chi connectivity index (χ4v) is 5.52. The predicted molar refractivity (Wildman–Crippen MR) is 105 cm³/mol. The fourth-order valence-electron chi connectivity index (χ4n) is 5.52. The Hall–Kier alpha value is -2.02. The Kier molecular flexibility index (Phi) is 3.35. The van der Waals surface area contributed by atoms with Gasteiger partial charge < -0.3 is 4.98 Å². The average Bonchev–Trinajstić information content (AvgIpc) is 3.13. The fraction of sp³-hybridized carbons (Fsp3) is 0.417. The summed E-state index contributed by atoms with van der Waals surface area (Å²) in [5.41, 5.74) is 9.10. The van der Waals surface area contributed by atoms with Crippen LogP contribution in [-0.4, -0.2) is 4.98 Å². The first kappa shape index (κ1) is 15.3. The van der Waals surface area contributed by atoms with Gasteiger partial charge in [0, 0.05) is 22.5 Å². The lowest BCUT2D eigenvalue weighted by atomic mass is 9.69. The van der Waals surface area contributed by atoms with Crippen LogP contribution in [0.1, 0.15) is 72.4 Å². The molecule has 1 heterocycles. The third-order valence-electron chi connectivity index (χ3n) is 6.75. The zero-order valence-corrected chi connectivity index (χ0v) is 15.4. The number of nitrogens with one attached hydrogen (secondary N) is 1. The number of benzene rings is 2. The molecule has 1 atom stereocenters. The van der Waals surface area contributed by atoms with Gasteiger partial charge in [-0.25, -0.2) is 0 Å². The van der Waals surface area contributed by atoms with Gasteiger partial charge in [-0.2, -0.15) is 0 Å². The summed E-state index contributed by atoms with van der Waals surface area (Å²) in [5.74, 6) is 0.529. The summed E-state index contributed by atoms with van der Waals surface area (Å²) < 4.78 is 0. The van der Waals surface area contributed by atoms with E-state index in [1.807, 2.05) is 0 Å². The smallest absolute Gasteiger partial charge is 0.0459 e. The Bertz CT molecular complexity index is 923. The van der Waals surface area contributed by atoms with Gasteiger partial charge >= 0.3 is 0 Å². The first-order valence-corrected chi connectivity index (χ1v) is 9.86. The van der Waals surface area contributed by atoms with E-state index in [1.54, 1.807) is 5.56 Å². The van der Waals surface area contributed by atoms with Crippen LogP contribution in [0.25, 0.3) is 10.9 Å². The van der Waals surface area contributed by atoms with Crippen molar-refractivity contribution in [1.82, 2.24) is 4.98 Å². The predicted octanol–water partition coefficient (Wildman–Crippen LogP) is 6.52. The van der Waals surface area contributed by atoms with Gasteiger partial charge in [0.25, 0.3) is 0 Å². The minimum Gasteiger partial charge on any atom is -0.358 e. The molecule has 0 aliphatic heterocycles. The Morgan fingerprint density at radius 2 is 1.60 bits per heavy atom. The quantitative estimate of drug-likeness (QED) is 0.523. The van der Waals surface area contributed by atoms with Crippen molar-refractivity contribution in [3.63, 3.8) is 0 Å². The van der Waals surface area contributed by atoms with Crippen LogP contribution in [0.4, 0.5) is 0 Å². The van der Waals surface area contributed by atoms with Crippen LogP contribution in [0.3, 0.4) is 0 Å². The van der Waals surface area contributed by atoms with E-state index in [4.69, 9.17) is 0 Å². The molecule has 1 aromatic heterocycles. The van der Waals surface area contributed by atoms with Gasteiger partial charge in [-0.05, 0) is 61.8 Å². The number of aromatic nitrogens is 1. The monoisotopic (exact) mass is 329 g/mol. The molecule has 0 bridgehead atoms. The number of H-pyrrole nitrogens is 1. The minimum atomic E-state index is 0.398. The second kappa shape index (κ2) is 5.49. The number of hydrogen-bond donors (Lipinski definition) is 1. The van der Waals surface area contributed by atoms with E-state index in [0.29, 0.717) is 11.3 Å². The van der Waals surface area contributed by atoms with Crippen molar-refractivity contribution in [3.8, 4) is 0 Å². The molecule has 1 N–H and O–H groups in total. The molecule has 1 nitrogen and oxygen atoms in total. The molecule has 2 aliphatic rings. The van der Waals surface area contributed by atoms with E-state index >= 15 is 0 Å². The first-order valence-electron chi connectivity index (χ1n) is 9.86. The molecular weight excluding hydrogens is 302 g/mol.